The fourth-order valence-corrected chi connectivity index (χ4v) is 3.55. The second kappa shape index (κ2) is 5.39. The van der Waals surface area contributed by atoms with Crippen molar-refractivity contribution in [3.05, 3.63) is 45.9 Å². The van der Waals surface area contributed by atoms with E-state index in [1.165, 1.54) is 23.4 Å². The molecule has 2 aromatic rings. The molecule has 0 saturated heterocycles. The zero-order chi connectivity index (χ0) is 13.2. The lowest BCUT2D eigenvalue weighted by molar-refractivity contribution is 0.644. The fraction of sp³-hybridized carbons (Fsp3) is 0.467. The molecule has 3 rings (SSSR count). The third-order valence-corrected chi connectivity index (χ3v) is 5.03. The fourth-order valence-electron chi connectivity index (χ4n) is 2.42. The largest absolute Gasteiger partial charge is 0.307 e. The maximum Gasteiger partial charge on any atom is 0.139 e. The Morgan fingerprint density at radius 3 is 2.47 bits per heavy atom. The molecule has 1 aliphatic rings. The summed E-state index contributed by atoms with van der Waals surface area (Å²) in [4.78, 5) is 0. The Balaban J connectivity index is 1.84. The first-order valence-electron chi connectivity index (χ1n) is 6.85. The summed E-state index contributed by atoms with van der Waals surface area (Å²) in [5, 5.41) is 14.4. The highest BCUT2D eigenvalue weighted by atomic mass is 32.1. The van der Waals surface area contributed by atoms with Gasteiger partial charge in [-0.1, -0.05) is 48.6 Å². The van der Waals surface area contributed by atoms with Crippen LogP contribution in [0, 0.1) is 5.92 Å². The summed E-state index contributed by atoms with van der Waals surface area (Å²) in [5.41, 5.74) is 1.24. The van der Waals surface area contributed by atoms with Gasteiger partial charge in [-0.15, -0.1) is 10.2 Å². The molecule has 1 aliphatic carbocycles. The molecule has 0 aliphatic heterocycles. The Hall–Kier alpha value is -1.26. The summed E-state index contributed by atoms with van der Waals surface area (Å²) in [5.74, 6) is 1.41. The lowest BCUT2D eigenvalue weighted by atomic mass is 10.1. The summed E-state index contributed by atoms with van der Waals surface area (Å²) in [7, 11) is 1.98. The van der Waals surface area contributed by atoms with Crippen molar-refractivity contribution in [1.29, 1.82) is 0 Å². The number of nitrogens with zero attached hydrogens (tertiary/aromatic N) is 2. The van der Waals surface area contributed by atoms with Crippen molar-refractivity contribution >= 4 is 11.3 Å². The van der Waals surface area contributed by atoms with Gasteiger partial charge in [0.25, 0.3) is 0 Å². The van der Waals surface area contributed by atoms with E-state index >= 15 is 0 Å². The highest BCUT2D eigenvalue weighted by Gasteiger charge is 2.31. The summed E-state index contributed by atoms with van der Waals surface area (Å²) in [6.07, 6.45) is 2.70. The van der Waals surface area contributed by atoms with Gasteiger partial charge in [0.15, 0.2) is 0 Å². The lowest BCUT2D eigenvalue weighted by Gasteiger charge is -2.12. The van der Waals surface area contributed by atoms with Gasteiger partial charge >= 0.3 is 0 Å². The van der Waals surface area contributed by atoms with Crippen molar-refractivity contribution in [2.24, 2.45) is 5.92 Å². The molecule has 2 atom stereocenters. The summed E-state index contributed by atoms with van der Waals surface area (Å²) in [6.45, 7) is 2.28. The van der Waals surface area contributed by atoms with Crippen molar-refractivity contribution in [2.45, 2.75) is 31.7 Å². The molecular weight excluding hydrogens is 254 g/mol. The zero-order valence-electron chi connectivity index (χ0n) is 11.3. The minimum Gasteiger partial charge on any atom is -0.307 e. The van der Waals surface area contributed by atoms with E-state index in [0.29, 0.717) is 5.92 Å². The van der Waals surface area contributed by atoms with Crippen LogP contribution in [0.4, 0.5) is 0 Å². The van der Waals surface area contributed by atoms with Crippen molar-refractivity contribution in [1.82, 2.24) is 15.5 Å². The topological polar surface area (TPSA) is 37.8 Å². The first-order valence-corrected chi connectivity index (χ1v) is 7.66. The van der Waals surface area contributed by atoms with E-state index in [0.717, 1.165) is 10.9 Å². The number of hydrogen-bond acceptors (Lipinski definition) is 4. The normalized spacial score (nSPS) is 18.2. The monoisotopic (exact) mass is 273 g/mol. The van der Waals surface area contributed by atoms with Gasteiger partial charge in [-0.3, -0.25) is 0 Å². The lowest BCUT2D eigenvalue weighted by Crippen LogP contribution is -2.17. The molecule has 1 fully saturated rings. The SMILES string of the molecule is CNC(c1ccccc1)c1nnc(C(C)C2CC2)s1. The van der Waals surface area contributed by atoms with Gasteiger partial charge in [0.1, 0.15) is 10.0 Å². The summed E-state index contributed by atoms with van der Waals surface area (Å²) < 4.78 is 0. The van der Waals surface area contributed by atoms with Gasteiger partial charge < -0.3 is 5.32 Å². The Labute approximate surface area is 118 Å². The molecule has 100 valence electrons. The van der Waals surface area contributed by atoms with E-state index in [2.05, 4.69) is 46.7 Å². The predicted octanol–water partition coefficient (Wildman–Crippen LogP) is 3.36. The van der Waals surface area contributed by atoms with Crippen LogP contribution in [0.2, 0.25) is 0 Å². The molecule has 1 aromatic heterocycles. The minimum absolute atomic E-state index is 0.152. The van der Waals surface area contributed by atoms with E-state index in [1.807, 2.05) is 13.1 Å². The van der Waals surface area contributed by atoms with E-state index in [9.17, 15) is 0 Å². The van der Waals surface area contributed by atoms with Crippen LogP contribution < -0.4 is 5.32 Å². The number of aromatic nitrogens is 2. The second-order valence-electron chi connectivity index (χ2n) is 5.24. The molecule has 19 heavy (non-hydrogen) atoms. The van der Waals surface area contributed by atoms with Crippen molar-refractivity contribution < 1.29 is 0 Å². The molecule has 0 bridgehead atoms. The van der Waals surface area contributed by atoms with E-state index in [4.69, 9.17) is 0 Å². The van der Waals surface area contributed by atoms with Crippen molar-refractivity contribution in [3.63, 3.8) is 0 Å². The van der Waals surface area contributed by atoms with Gasteiger partial charge in [0, 0.05) is 5.92 Å². The number of rotatable bonds is 5. The van der Waals surface area contributed by atoms with Crippen molar-refractivity contribution in [2.75, 3.05) is 7.05 Å². The van der Waals surface area contributed by atoms with Crippen LogP contribution in [0.15, 0.2) is 30.3 Å². The third kappa shape index (κ3) is 2.69. The van der Waals surface area contributed by atoms with Gasteiger partial charge in [-0.25, -0.2) is 0 Å². The molecule has 0 radical (unpaired) electrons. The molecule has 3 nitrogen and oxygen atoms in total. The van der Waals surface area contributed by atoms with E-state index in [-0.39, 0.29) is 6.04 Å². The number of hydrogen-bond donors (Lipinski definition) is 1. The molecule has 4 heteroatoms. The molecule has 2 unspecified atom stereocenters. The first kappa shape index (κ1) is 12.8. The van der Waals surface area contributed by atoms with Crippen LogP contribution in [-0.4, -0.2) is 17.2 Å². The van der Waals surface area contributed by atoms with Crippen LogP contribution in [-0.2, 0) is 0 Å². The molecule has 1 N–H and O–H groups in total. The van der Waals surface area contributed by atoms with E-state index < -0.39 is 0 Å². The summed E-state index contributed by atoms with van der Waals surface area (Å²) >= 11 is 1.75. The first-order chi connectivity index (χ1) is 9.29. The maximum atomic E-state index is 4.40. The average Bonchev–Trinajstić information content (AvgIpc) is 3.19. The smallest absolute Gasteiger partial charge is 0.139 e. The number of benzene rings is 1. The van der Waals surface area contributed by atoms with Gasteiger partial charge in [0.2, 0.25) is 0 Å². The van der Waals surface area contributed by atoms with Crippen LogP contribution in [0.5, 0.6) is 0 Å². The Morgan fingerprint density at radius 1 is 1.16 bits per heavy atom. The predicted molar refractivity (Wildman–Crippen MR) is 78.4 cm³/mol. The molecular formula is C15H19N3S. The van der Waals surface area contributed by atoms with Crippen LogP contribution in [0.1, 0.15) is 47.3 Å². The van der Waals surface area contributed by atoms with Crippen LogP contribution in [0.25, 0.3) is 0 Å². The third-order valence-electron chi connectivity index (χ3n) is 3.84. The molecule has 1 aromatic carbocycles. The second-order valence-corrected chi connectivity index (χ2v) is 6.28. The van der Waals surface area contributed by atoms with Crippen LogP contribution >= 0.6 is 11.3 Å². The van der Waals surface area contributed by atoms with Crippen molar-refractivity contribution in [3.8, 4) is 0 Å². The van der Waals surface area contributed by atoms with Gasteiger partial charge in [-0.05, 0) is 31.4 Å². The average molecular weight is 273 g/mol. The summed E-state index contributed by atoms with van der Waals surface area (Å²) in [6, 6.07) is 10.6. The Bertz CT molecular complexity index is 533. The highest BCUT2D eigenvalue weighted by Crippen LogP contribution is 2.43. The Kier molecular flexibility index (Phi) is 3.62. The standard InChI is InChI=1S/C15H19N3S/c1-10(11-8-9-11)14-17-18-15(19-14)13(16-2)12-6-4-3-5-7-12/h3-7,10-11,13,16H,8-9H2,1-2H3. The van der Waals surface area contributed by atoms with Gasteiger partial charge in [-0.2, -0.15) is 0 Å². The zero-order valence-corrected chi connectivity index (χ0v) is 12.2. The molecule has 0 amide bonds. The quantitative estimate of drug-likeness (QED) is 0.907. The molecule has 1 saturated carbocycles. The number of nitrogens with one attached hydrogen (secondary N) is 1. The molecule has 0 spiro atoms. The van der Waals surface area contributed by atoms with E-state index in [1.54, 1.807) is 11.3 Å². The minimum atomic E-state index is 0.152. The highest BCUT2D eigenvalue weighted by molar-refractivity contribution is 7.11. The Morgan fingerprint density at radius 2 is 1.84 bits per heavy atom. The maximum absolute atomic E-state index is 4.40. The molecule has 1 heterocycles. The van der Waals surface area contributed by atoms with Crippen LogP contribution in [0.3, 0.4) is 0 Å². The van der Waals surface area contributed by atoms with Gasteiger partial charge in [0.05, 0.1) is 6.04 Å².